The van der Waals surface area contributed by atoms with E-state index in [2.05, 4.69) is 17.4 Å². The van der Waals surface area contributed by atoms with Crippen LogP contribution in [0.4, 0.5) is 5.69 Å². The normalized spacial score (nSPS) is 16.7. The van der Waals surface area contributed by atoms with Gasteiger partial charge in [-0.3, -0.25) is 0 Å². The molecule has 0 saturated heterocycles. The lowest BCUT2D eigenvalue weighted by Crippen LogP contribution is -2.27. The number of aryl methyl sites for hydroxylation is 1. The monoisotopic (exact) mass is 299 g/mol. The van der Waals surface area contributed by atoms with Crippen molar-refractivity contribution >= 4 is 5.69 Å². The molecule has 4 heteroatoms. The second kappa shape index (κ2) is 6.18. The molecule has 1 aliphatic carbocycles. The minimum absolute atomic E-state index is 0.288. The molecule has 0 amide bonds. The molecule has 3 rings (SSSR count). The number of aromatic hydroxyl groups is 1. The lowest BCUT2D eigenvalue weighted by Gasteiger charge is -2.27. The van der Waals surface area contributed by atoms with Crippen LogP contribution in [0.1, 0.15) is 17.5 Å². The number of ether oxygens (including phenoxy) is 2. The second-order valence-corrected chi connectivity index (χ2v) is 5.61. The highest BCUT2D eigenvalue weighted by molar-refractivity contribution is 5.51. The van der Waals surface area contributed by atoms with Crippen molar-refractivity contribution in [3.63, 3.8) is 0 Å². The Morgan fingerprint density at radius 1 is 1.00 bits per heavy atom. The predicted octanol–water partition coefficient (Wildman–Crippen LogP) is 3.38. The molecule has 22 heavy (non-hydrogen) atoms. The van der Waals surface area contributed by atoms with Crippen LogP contribution in [0, 0.1) is 0 Å². The van der Waals surface area contributed by atoms with E-state index >= 15 is 0 Å². The number of methoxy groups -OCH3 is 2. The Balaban J connectivity index is 1.76. The molecule has 0 heterocycles. The third-order valence-corrected chi connectivity index (χ3v) is 4.17. The summed E-state index contributed by atoms with van der Waals surface area (Å²) in [5.41, 5.74) is 3.67. The van der Waals surface area contributed by atoms with Gasteiger partial charge in [0.05, 0.1) is 14.2 Å². The Morgan fingerprint density at radius 3 is 2.27 bits per heavy atom. The number of nitrogens with one attached hydrogen (secondary N) is 1. The first-order chi connectivity index (χ1) is 10.7. The lowest BCUT2D eigenvalue weighted by atomic mass is 9.87. The maximum atomic E-state index is 9.35. The third kappa shape index (κ3) is 2.96. The van der Waals surface area contributed by atoms with Crippen LogP contribution in [0.25, 0.3) is 0 Å². The summed E-state index contributed by atoms with van der Waals surface area (Å²) in [6, 6.07) is 11.8. The van der Waals surface area contributed by atoms with Gasteiger partial charge >= 0.3 is 0 Å². The third-order valence-electron chi connectivity index (χ3n) is 4.17. The average molecular weight is 299 g/mol. The van der Waals surface area contributed by atoms with E-state index in [9.17, 15) is 5.11 Å². The molecule has 0 saturated carbocycles. The highest BCUT2D eigenvalue weighted by atomic mass is 16.5. The fourth-order valence-corrected chi connectivity index (χ4v) is 3.00. The van der Waals surface area contributed by atoms with Gasteiger partial charge in [0.2, 0.25) is 0 Å². The van der Waals surface area contributed by atoms with E-state index in [1.165, 1.54) is 11.1 Å². The highest BCUT2D eigenvalue weighted by Gasteiger charge is 2.21. The van der Waals surface area contributed by atoms with E-state index in [4.69, 9.17) is 9.47 Å². The Hall–Kier alpha value is -2.36. The zero-order valence-electron chi connectivity index (χ0n) is 12.9. The van der Waals surface area contributed by atoms with Gasteiger partial charge in [-0.25, -0.2) is 0 Å². The molecule has 2 aromatic carbocycles. The summed E-state index contributed by atoms with van der Waals surface area (Å²) in [4.78, 5) is 0. The predicted molar refractivity (Wildman–Crippen MR) is 87.1 cm³/mol. The molecule has 1 unspecified atom stereocenters. The Labute approximate surface area is 130 Å². The quantitative estimate of drug-likeness (QED) is 0.850. The molecular weight excluding hydrogens is 278 g/mol. The summed E-state index contributed by atoms with van der Waals surface area (Å²) in [6.45, 7) is 0. The number of phenolic OH excluding ortho intramolecular Hbond substituents is 1. The first-order valence-corrected chi connectivity index (χ1v) is 7.49. The molecule has 1 atom stereocenters. The molecule has 0 aromatic heterocycles. The van der Waals surface area contributed by atoms with E-state index in [1.54, 1.807) is 26.4 Å². The van der Waals surface area contributed by atoms with Crippen molar-refractivity contribution in [1.82, 2.24) is 0 Å². The van der Waals surface area contributed by atoms with E-state index in [0.717, 1.165) is 36.4 Å². The van der Waals surface area contributed by atoms with Crippen molar-refractivity contribution < 1.29 is 14.6 Å². The van der Waals surface area contributed by atoms with E-state index in [0.29, 0.717) is 6.04 Å². The van der Waals surface area contributed by atoms with Crippen LogP contribution in [0.15, 0.2) is 36.4 Å². The minimum Gasteiger partial charge on any atom is -0.508 e. The lowest BCUT2D eigenvalue weighted by molar-refractivity contribution is 0.353. The molecule has 0 fully saturated rings. The van der Waals surface area contributed by atoms with Gasteiger partial charge in [0, 0.05) is 11.7 Å². The van der Waals surface area contributed by atoms with Gasteiger partial charge in [0.1, 0.15) is 5.75 Å². The summed E-state index contributed by atoms with van der Waals surface area (Å²) >= 11 is 0. The summed E-state index contributed by atoms with van der Waals surface area (Å²) in [5, 5.41) is 12.9. The van der Waals surface area contributed by atoms with Gasteiger partial charge in [-0.2, -0.15) is 0 Å². The van der Waals surface area contributed by atoms with Crippen molar-refractivity contribution in [3.8, 4) is 17.2 Å². The van der Waals surface area contributed by atoms with Gasteiger partial charge in [-0.05, 0) is 66.8 Å². The number of anilines is 1. The smallest absolute Gasteiger partial charge is 0.161 e. The summed E-state index contributed by atoms with van der Waals surface area (Å²) in [5.74, 6) is 1.87. The van der Waals surface area contributed by atoms with Crippen LogP contribution in [-0.4, -0.2) is 25.4 Å². The average Bonchev–Trinajstić information content (AvgIpc) is 2.55. The van der Waals surface area contributed by atoms with Crippen LogP contribution in [-0.2, 0) is 12.8 Å². The van der Waals surface area contributed by atoms with Crippen LogP contribution < -0.4 is 14.8 Å². The molecule has 0 spiro atoms. The topological polar surface area (TPSA) is 50.7 Å². The fraction of sp³-hybridized carbons (Fsp3) is 0.333. The Kier molecular flexibility index (Phi) is 4.09. The van der Waals surface area contributed by atoms with E-state index < -0.39 is 0 Å². The van der Waals surface area contributed by atoms with Crippen LogP contribution in [0.2, 0.25) is 0 Å². The minimum atomic E-state index is 0.288. The molecule has 4 nitrogen and oxygen atoms in total. The van der Waals surface area contributed by atoms with Crippen molar-refractivity contribution in [1.29, 1.82) is 0 Å². The van der Waals surface area contributed by atoms with Crippen molar-refractivity contribution in [2.24, 2.45) is 0 Å². The molecule has 1 aliphatic rings. The zero-order chi connectivity index (χ0) is 15.5. The number of phenols is 1. The summed E-state index contributed by atoms with van der Waals surface area (Å²) in [6.07, 6.45) is 3.05. The molecule has 2 aromatic rings. The zero-order valence-corrected chi connectivity index (χ0v) is 12.9. The van der Waals surface area contributed by atoms with E-state index in [-0.39, 0.29) is 5.75 Å². The largest absolute Gasteiger partial charge is 0.508 e. The van der Waals surface area contributed by atoms with Crippen LogP contribution >= 0.6 is 0 Å². The number of hydrogen-bond acceptors (Lipinski definition) is 4. The van der Waals surface area contributed by atoms with Crippen molar-refractivity contribution in [2.75, 3.05) is 19.5 Å². The van der Waals surface area contributed by atoms with E-state index in [1.807, 2.05) is 12.1 Å². The number of hydrogen-bond donors (Lipinski definition) is 2. The van der Waals surface area contributed by atoms with Gasteiger partial charge in [-0.1, -0.05) is 0 Å². The first-order valence-electron chi connectivity index (χ1n) is 7.49. The summed E-state index contributed by atoms with van der Waals surface area (Å²) < 4.78 is 10.8. The molecule has 0 bridgehead atoms. The first kappa shape index (κ1) is 14.6. The maximum absolute atomic E-state index is 9.35. The van der Waals surface area contributed by atoms with Crippen LogP contribution in [0.5, 0.6) is 17.2 Å². The van der Waals surface area contributed by atoms with Gasteiger partial charge in [-0.15, -0.1) is 0 Å². The Bertz CT molecular complexity index is 652. The number of rotatable bonds is 4. The summed E-state index contributed by atoms with van der Waals surface area (Å²) in [7, 11) is 3.33. The standard InChI is InChI=1S/C18H21NO3/c1-21-17-10-12-3-4-15(9-13(12)11-18(17)22-2)19-14-5-7-16(20)8-6-14/h5-8,10-11,15,19-20H,3-4,9H2,1-2H3. The van der Waals surface area contributed by atoms with Crippen molar-refractivity contribution in [3.05, 3.63) is 47.5 Å². The Morgan fingerprint density at radius 2 is 1.64 bits per heavy atom. The number of fused-ring (bicyclic) bond motifs is 1. The number of benzene rings is 2. The maximum Gasteiger partial charge on any atom is 0.161 e. The van der Waals surface area contributed by atoms with Crippen molar-refractivity contribution in [2.45, 2.75) is 25.3 Å². The second-order valence-electron chi connectivity index (χ2n) is 5.61. The van der Waals surface area contributed by atoms with Gasteiger partial charge < -0.3 is 19.9 Å². The molecule has 0 radical (unpaired) electrons. The molecule has 116 valence electrons. The van der Waals surface area contributed by atoms with Gasteiger partial charge in [0.15, 0.2) is 11.5 Å². The molecular formula is C18H21NO3. The SMILES string of the molecule is COc1cc2c(cc1OC)CC(Nc1ccc(O)cc1)CC2. The fourth-order valence-electron chi connectivity index (χ4n) is 3.00. The van der Waals surface area contributed by atoms with Crippen LogP contribution in [0.3, 0.4) is 0 Å². The van der Waals surface area contributed by atoms with Gasteiger partial charge in [0.25, 0.3) is 0 Å². The highest BCUT2D eigenvalue weighted by Crippen LogP contribution is 2.34. The molecule has 2 N–H and O–H groups in total. The molecule has 0 aliphatic heterocycles.